The zero-order valence-corrected chi connectivity index (χ0v) is 19.6. The number of benzene rings is 2. The molecule has 0 heterocycles. The SMILES string of the molecule is CCNC(=O)[C@H](CC)N(Cc1ccccc1C)C(=O)CSCc1cc(C)cc(C)c1. The Kier molecular flexibility index (Phi) is 9.44. The first kappa shape index (κ1) is 24.0. The minimum absolute atomic E-state index is 0.00531. The van der Waals surface area contributed by atoms with Crippen LogP contribution in [0.5, 0.6) is 0 Å². The Balaban J connectivity index is 2.14. The Morgan fingerprint density at radius 3 is 2.30 bits per heavy atom. The molecule has 30 heavy (non-hydrogen) atoms. The van der Waals surface area contributed by atoms with Gasteiger partial charge in [-0.1, -0.05) is 60.5 Å². The van der Waals surface area contributed by atoms with Crippen LogP contribution in [0, 0.1) is 20.8 Å². The van der Waals surface area contributed by atoms with E-state index in [1.54, 1.807) is 16.7 Å². The topological polar surface area (TPSA) is 49.4 Å². The molecule has 0 aliphatic carbocycles. The summed E-state index contributed by atoms with van der Waals surface area (Å²) < 4.78 is 0. The van der Waals surface area contributed by atoms with E-state index in [2.05, 4.69) is 37.4 Å². The number of carbonyl (C=O) groups excluding carboxylic acids is 2. The number of thioether (sulfide) groups is 1. The molecule has 0 unspecified atom stereocenters. The summed E-state index contributed by atoms with van der Waals surface area (Å²) in [7, 11) is 0. The molecule has 4 nitrogen and oxygen atoms in total. The highest BCUT2D eigenvalue weighted by Gasteiger charge is 2.28. The third-order valence-electron chi connectivity index (χ3n) is 5.11. The zero-order chi connectivity index (χ0) is 22.1. The van der Waals surface area contributed by atoms with Crippen LogP contribution < -0.4 is 5.32 Å². The summed E-state index contributed by atoms with van der Waals surface area (Å²) in [6.45, 7) is 11.1. The van der Waals surface area contributed by atoms with Crippen molar-refractivity contribution in [2.45, 2.75) is 59.4 Å². The summed E-state index contributed by atoms with van der Waals surface area (Å²) in [4.78, 5) is 27.6. The van der Waals surface area contributed by atoms with Crippen LogP contribution in [0.4, 0.5) is 0 Å². The molecule has 0 saturated carbocycles. The fraction of sp³-hybridized carbons (Fsp3) is 0.440. The molecule has 0 fully saturated rings. The van der Waals surface area contributed by atoms with Crippen molar-refractivity contribution in [3.05, 3.63) is 70.3 Å². The van der Waals surface area contributed by atoms with Crippen LogP contribution >= 0.6 is 11.8 Å². The van der Waals surface area contributed by atoms with Gasteiger partial charge in [-0.3, -0.25) is 9.59 Å². The largest absolute Gasteiger partial charge is 0.355 e. The number of nitrogens with one attached hydrogen (secondary N) is 1. The van der Waals surface area contributed by atoms with Gasteiger partial charge in [0.05, 0.1) is 5.75 Å². The van der Waals surface area contributed by atoms with Crippen LogP contribution in [0.2, 0.25) is 0 Å². The highest BCUT2D eigenvalue weighted by molar-refractivity contribution is 7.99. The summed E-state index contributed by atoms with van der Waals surface area (Å²) >= 11 is 1.60. The molecule has 2 amide bonds. The van der Waals surface area contributed by atoms with E-state index in [0.29, 0.717) is 25.3 Å². The lowest BCUT2D eigenvalue weighted by molar-refractivity contribution is -0.139. The van der Waals surface area contributed by atoms with Crippen molar-refractivity contribution in [3.63, 3.8) is 0 Å². The number of aryl methyl sites for hydroxylation is 3. The van der Waals surface area contributed by atoms with Gasteiger partial charge >= 0.3 is 0 Å². The number of amides is 2. The Morgan fingerprint density at radius 2 is 1.70 bits per heavy atom. The molecule has 0 saturated heterocycles. The summed E-state index contributed by atoms with van der Waals surface area (Å²) in [5, 5.41) is 2.89. The Labute approximate surface area is 185 Å². The lowest BCUT2D eigenvalue weighted by Gasteiger charge is -2.31. The molecule has 2 aromatic rings. The molecule has 1 N–H and O–H groups in total. The van der Waals surface area contributed by atoms with Crippen molar-refractivity contribution in [2.24, 2.45) is 0 Å². The molecule has 162 valence electrons. The highest BCUT2D eigenvalue weighted by Crippen LogP contribution is 2.20. The van der Waals surface area contributed by atoms with Gasteiger partial charge in [-0.2, -0.15) is 0 Å². The van der Waals surface area contributed by atoms with Crippen LogP contribution in [0.25, 0.3) is 0 Å². The third kappa shape index (κ3) is 6.91. The van der Waals surface area contributed by atoms with E-state index in [1.807, 2.05) is 45.0 Å². The van der Waals surface area contributed by atoms with E-state index < -0.39 is 6.04 Å². The normalized spacial score (nSPS) is 11.8. The molecule has 0 spiro atoms. The van der Waals surface area contributed by atoms with Gasteiger partial charge in [0.2, 0.25) is 11.8 Å². The second-order valence-corrected chi connectivity index (χ2v) is 8.74. The summed E-state index contributed by atoms with van der Waals surface area (Å²) in [6.07, 6.45) is 0.588. The molecular formula is C25H34N2O2S. The Morgan fingerprint density at radius 1 is 1.03 bits per heavy atom. The second-order valence-electron chi connectivity index (χ2n) is 7.76. The van der Waals surface area contributed by atoms with Crippen molar-refractivity contribution < 1.29 is 9.59 Å². The number of nitrogens with zero attached hydrogens (tertiary/aromatic N) is 1. The van der Waals surface area contributed by atoms with Crippen LogP contribution in [0.1, 0.15) is 48.1 Å². The maximum Gasteiger partial charge on any atom is 0.242 e. The molecule has 0 radical (unpaired) electrons. The standard InChI is InChI=1S/C25H34N2O2S/c1-6-23(25(29)26-7-2)27(15-22-11-9-8-10-20(22)5)24(28)17-30-16-21-13-18(3)12-19(4)14-21/h8-14,23H,6-7,15-17H2,1-5H3,(H,26,29)/t23-/m0/s1. The third-order valence-corrected chi connectivity index (χ3v) is 6.10. The molecule has 0 bridgehead atoms. The van der Waals surface area contributed by atoms with E-state index in [0.717, 1.165) is 16.9 Å². The molecule has 2 rings (SSSR count). The summed E-state index contributed by atoms with van der Waals surface area (Å²) in [5.41, 5.74) is 5.91. The number of carbonyl (C=O) groups is 2. The molecule has 0 aliphatic rings. The molecule has 5 heteroatoms. The summed E-state index contributed by atoms with van der Waals surface area (Å²) in [5.74, 6) is 1.06. The Bertz CT molecular complexity index is 846. The predicted molar refractivity (Wildman–Crippen MR) is 127 cm³/mol. The monoisotopic (exact) mass is 426 g/mol. The number of likely N-dealkylation sites (N-methyl/N-ethyl adjacent to an activating group) is 1. The van der Waals surface area contributed by atoms with Crippen LogP contribution in [-0.2, 0) is 21.9 Å². The van der Waals surface area contributed by atoms with Gasteiger partial charge in [0.15, 0.2) is 0 Å². The van der Waals surface area contributed by atoms with Crippen molar-refractivity contribution in [2.75, 3.05) is 12.3 Å². The van der Waals surface area contributed by atoms with Crippen molar-refractivity contribution in [1.29, 1.82) is 0 Å². The van der Waals surface area contributed by atoms with Crippen LogP contribution in [-0.4, -0.2) is 35.1 Å². The molecule has 1 atom stereocenters. The molecule has 2 aromatic carbocycles. The van der Waals surface area contributed by atoms with E-state index in [1.165, 1.54) is 16.7 Å². The van der Waals surface area contributed by atoms with Crippen molar-refractivity contribution in [3.8, 4) is 0 Å². The molecule has 0 aliphatic heterocycles. The van der Waals surface area contributed by atoms with Gasteiger partial charge in [-0.25, -0.2) is 0 Å². The predicted octanol–water partition coefficient (Wildman–Crippen LogP) is 4.79. The lowest BCUT2D eigenvalue weighted by Crippen LogP contribution is -2.49. The first-order valence-electron chi connectivity index (χ1n) is 10.6. The highest BCUT2D eigenvalue weighted by atomic mass is 32.2. The number of rotatable bonds is 10. The maximum absolute atomic E-state index is 13.2. The average molecular weight is 427 g/mol. The first-order chi connectivity index (χ1) is 14.3. The minimum Gasteiger partial charge on any atom is -0.355 e. The first-order valence-corrected chi connectivity index (χ1v) is 11.8. The smallest absolute Gasteiger partial charge is 0.242 e. The van der Waals surface area contributed by atoms with Gasteiger partial charge in [-0.05, 0) is 50.8 Å². The summed E-state index contributed by atoms with van der Waals surface area (Å²) in [6, 6.07) is 14.1. The number of hydrogen-bond acceptors (Lipinski definition) is 3. The van der Waals surface area contributed by atoms with Crippen molar-refractivity contribution in [1.82, 2.24) is 10.2 Å². The fourth-order valence-corrected chi connectivity index (χ4v) is 4.52. The Hall–Kier alpha value is -2.27. The van der Waals surface area contributed by atoms with E-state index in [-0.39, 0.29) is 11.8 Å². The van der Waals surface area contributed by atoms with Gasteiger partial charge in [0.25, 0.3) is 0 Å². The fourth-order valence-electron chi connectivity index (χ4n) is 3.67. The number of hydrogen-bond donors (Lipinski definition) is 1. The quantitative estimate of drug-likeness (QED) is 0.594. The van der Waals surface area contributed by atoms with Gasteiger partial charge < -0.3 is 10.2 Å². The second kappa shape index (κ2) is 11.8. The van der Waals surface area contributed by atoms with E-state index in [4.69, 9.17) is 0 Å². The van der Waals surface area contributed by atoms with Gasteiger partial charge in [0.1, 0.15) is 6.04 Å². The average Bonchev–Trinajstić information content (AvgIpc) is 2.68. The maximum atomic E-state index is 13.2. The lowest BCUT2D eigenvalue weighted by atomic mass is 10.1. The van der Waals surface area contributed by atoms with Crippen LogP contribution in [0.3, 0.4) is 0 Å². The zero-order valence-electron chi connectivity index (χ0n) is 18.8. The van der Waals surface area contributed by atoms with E-state index >= 15 is 0 Å². The van der Waals surface area contributed by atoms with Gasteiger partial charge in [-0.15, -0.1) is 11.8 Å². The minimum atomic E-state index is -0.459. The van der Waals surface area contributed by atoms with Crippen molar-refractivity contribution >= 4 is 23.6 Å². The van der Waals surface area contributed by atoms with E-state index in [9.17, 15) is 9.59 Å². The van der Waals surface area contributed by atoms with Gasteiger partial charge in [0, 0.05) is 18.8 Å². The molecule has 0 aromatic heterocycles. The molecular weight excluding hydrogens is 392 g/mol. The van der Waals surface area contributed by atoms with Crippen LogP contribution in [0.15, 0.2) is 42.5 Å².